The third-order valence-corrected chi connectivity index (χ3v) is 5.78. The minimum atomic E-state index is -0.570. The Balaban J connectivity index is 2.09. The highest BCUT2D eigenvalue weighted by molar-refractivity contribution is 9.10. The number of nitro groups is 1. The molecule has 8 heteroatoms. The Bertz CT molecular complexity index is 817. The molecule has 0 fully saturated rings. The van der Waals surface area contributed by atoms with Gasteiger partial charge in [-0.2, -0.15) is 4.68 Å². The van der Waals surface area contributed by atoms with Gasteiger partial charge in [0, 0.05) is 0 Å². The number of nitrogens with zero attached hydrogens (tertiary/aromatic N) is 3. The lowest BCUT2D eigenvalue weighted by molar-refractivity contribution is -0.390. The van der Waals surface area contributed by atoms with Gasteiger partial charge in [0.1, 0.15) is 11.0 Å². The van der Waals surface area contributed by atoms with Crippen molar-refractivity contribution in [2.75, 3.05) is 0 Å². The Hall–Kier alpha value is -2.22. The van der Waals surface area contributed by atoms with Crippen LogP contribution < -0.4 is 5.32 Å². The summed E-state index contributed by atoms with van der Waals surface area (Å²) in [5.41, 5.74) is 2.87. The number of halogens is 1. The number of carbonyl (C=O) groups is 1. The van der Waals surface area contributed by atoms with E-state index in [1.54, 1.807) is 6.92 Å². The topological polar surface area (TPSA) is 90.1 Å². The van der Waals surface area contributed by atoms with Gasteiger partial charge < -0.3 is 15.4 Å². The number of benzene rings is 1. The van der Waals surface area contributed by atoms with Gasteiger partial charge in [0.25, 0.3) is 0 Å². The summed E-state index contributed by atoms with van der Waals surface area (Å²) in [6.45, 7) is 7.97. The zero-order chi connectivity index (χ0) is 20.1. The van der Waals surface area contributed by atoms with E-state index in [1.807, 2.05) is 6.92 Å². The highest BCUT2D eigenvalue weighted by Gasteiger charge is 2.25. The Kier molecular flexibility index (Phi) is 7.12. The third kappa shape index (κ3) is 4.94. The van der Waals surface area contributed by atoms with E-state index in [2.05, 4.69) is 64.5 Å². The molecule has 7 nitrogen and oxygen atoms in total. The van der Waals surface area contributed by atoms with Crippen LogP contribution in [0.4, 0.5) is 5.82 Å². The van der Waals surface area contributed by atoms with E-state index in [9.17, 15) is 14.9 Å². The number of nitrogens with one attached hydrogen (secondary N) is 1. The maximum atomic E-state index is 12.5. The molecule has 1 N–H and O–H groups in total. The highest BCUT2D eigenvalue weighted by Crippen LogP contribution is 2.27. The highest BCUT2D eigenvalue weighted by atomic mass is 79.9. The predicted molar refractivity (Wildman–Crippen MR) is 108 cm³/mol. The van der Waals surface area contributed by atoms with Crippen LogP contribution in [0.3, 0.4) is 0 Å². The largest absolute Gasteiger partial charge is 0.404 e. The summed E-state index contributed by atoms with van der Waals surface area (Å²) < 4.78 is 1.64. The van der Waals surface area contributed by atoms with Crippen molar-refractivity contribution in [1.82, 2.24) is 15.1 Å². The first-order chi connectivity index (χ1) is 12.8. The fourth-order valence-corrected chi connectivity index (χ4v) is 3.30. The van der Waals surface area contributed by atoms with Gasteiger partial charge in [-0.1, -0.05) is 45.0 Å². The van der Waals surface area contributed by atoms with E-state index < -0.39 is 4.92 Å². The van der Waals surface area contributed by atoms with E-state index >= 15 is 0 Å². The zero-order valence-corrected chi connectivity index (χ0v) is 17.6. The van der Waals surface area contributed by atoms with Crippen molar-refractivity contribution in [2.45, 2.75) is 59.0 Å². The average molecular weight is 437 g/mol. The molecule has 1 aromatic carbocycles. The molecule has 0 aliphatic heterocycles. The Morgan fingerprint density at radius 2 is 1.85 bits per heavy atom. The number of aromatic nitrogens is 2. The lowest BCUT2D eigenvalue weighted by Gasteiger charge is -2.18. The second kappa shape index (κ2) is 9.12. The molecule has 2 atom stereocenters. The molecule has 0 aliphatic carbocycles. The summed E-state index contributed by atoms with van der Waals surface area (Å²) in [4.78, 5) is 22.9. The van der Waals surface area contributed by atoms with Crippen molar-refractivity contribution in [3.8, 4) is 0 Å². The first kappa shape index (κ1) is 21.1. The quantitative estimate of drug-likeness (QED) is 0.481. The molecule has 0 saturated heterocycles. The van der Waals surface area contributed by atoms with E-state index in [-0.39, 0.29) is 24.3 Å². The van der Waals surface area contributed by atoms with E-state index in [0.717, 1.165) is 18.4 Å². The summed E-state index contributed by atoms with van der Waals surface area (Å²) in [5.74, 6) is -0.0143. The fraction of sp³-hybridized carbons (Fsp3) is 0.474. The van der Waals surface area contributed by atoms with Crippen LogP contribution >= 0.6 is 15.9 Å². The third-order valence-electron chi connectivity index (χ3n) is 4.85. The molecule has 0 spiro atoms. The molecule has 0 saturated carbocycles. The first-order valence-electron chi connectivity index (χ1n) is 9.04. The van der Waals surface area contributed by atoms with Gasteiger partial charge in [0.15, 0.2) is 0 Å². The monoisotopic (exact) mass is 436 g/mol. The molecule has 0 aliphatic rings. The Morgan fingerprint density at radius 1 is 1.26 bits per heavy atom. The molecule has 1 amide bonds. The van der Waals surface area contributed by atoms with Gasteiger partial charge in [-0.3, -0.25) is 4.79 Å². The second-order valence-corrected chi connectivity index (χ2v) is 7.44. The molecule has 27 heavy (non-hydrogen) atoms. The summed E-state index contributed by atoms with van der Waals surface area (Å²) >= 11 is 3.16. The van der Waals surface area contributed by atoms with Crippen LogP contribution in [0.25, 0.3) is 0 Å². The lowest BCUT2D eigenvalue weighted by atomic mass is 9.95. The van der Waals surface area contributed by atoms with E-state index in [4.69, 9.17) is 0 Å². The number of hydrogen-bond acceptors (Lipinski definition) is 4. The molecule has 2 rings (SSSR count). The molecular weight excluding hydrogens is 412 g/mol. The number of carbonyl (C=O) groups excluding carboxylic acids is 1. The minimum absolute atomic E-state index is 0.0697. The summed E-state index contributed by atoms with van der Waals surface area (Å²) in [6.07, 6.45) is 1.83. The Morgan fingerprint density at radius 3 is 2.33 bits per heavy atom. The van der Waals surface area contributed by atoms with Crippen LogP contribution in [0.15, 0.2) is 28.7 Å². The second-order valence-electron chi connectivity index (χ2n) is 6.64. The number of hydrogen-bond donors (Lipinski definition) is 1. The van der Waals surface area contributed by atoms with Crippen LogP contribution in [0.1, 0.15) is 62.4 Å². The molecule has 146 valence electrons. The first-order valence-corrected chi connectivity index (χ1v) is 9.84. The predicted octanol–water partition coefficient (Wildman–Crippen LogP) is 4.64. The zero-order valence-electron chi connectivity index (χ0n) is 16.0. The van der Waals surface area contributed by atoms with Crippen LogP contribution in [0.2, 0.25) is 0 Å². The normalized spacial score (nSPS) is 13.2. The average Bonchev–Trinajstić information content (AvgIpc) is 2.94. The lowest BCUT2D eigenvalue weighted by Crippen LogP contribution is -2.31. The molecular formula is C19H25BrN4O3. The van der Waals surface area contributed by atoms with Gasteiger partial charge in [0.05, 0.1) is 16.8 Å². The van der Waals surface area contributed by atoms with Gasteiger partial charge in [-0.25, -0.2) is 0 Å². The maximum absolute atomic E-state index is 12.5. The summed E-state index contributed by atoms with van der Waals surface area (Å²) in [7, 11) is 0. The fourth-order valence-electron chi connectivity index (χ4n) is 2.87. The molecule has 1 heterocycles. The molecule has 2 unspecified atom stereocenters. The standard InChI is InChI=1S/C19H25BrN4O3/c1-5-12(3)14-7-9-15(10-8-14)16(6-2)21-17(25)11-23-13(4)18(20)19(22-23)24(26)27/h7-10,12,16H,5-6,11H2,1-4H3,(H,21,25). The molecule has 0 radical (unpaired) electrons. The minimum Gasteiger partial charge on any atom is -0.358 e. The molecule has 2 aromatic rings. The van der Waals surface area contributed by atoms with E-state index in [0.29, 0.717) is 16.1 Å². The van der Waals surface area contributed by atoms with Gasteiger partial charge in [-0.15, -0.1) is 0 Å². The van der Waals surface area contributed by atoms with Crippen molar-refractivity contribution in [2.24, 2.45) is 0 Å². The van der Waals surface area contributed by atoms with Gasteiger partial charge in [0.2, 0.25) is 5.91 Å². The van der Waals surface area contributed by atoms with Crippen molar-refractivity contribution in [3.63, 3.8) is 0 Å². The smallest absolute Gasteiger partial charge is 0.358 e. The number of rotatable bonds is 8. The van der Waals surface area contributed by atoms with Crippen LogP contribution in [0.5, 0.6) is 0 Å². The van der Waals surface area contributed by atoms with Gasteiger partial charge in [-0.05, 0) is 57.7 Å². The molecule has 0 bridgehead atoms. The summed E-state index contributed by atoms with van der Waals surface area (Å²) in [5, 5.41) is 17.9. The summed E-state index contributed by atoms with van der Waals surface area (Å²) in [6, 6.07) is 8.21. The van der Waals surface area contributed by atoms with E-state index in [1.165, 1.54) is 10.2 Å². The number of amides is 1. The Labute approximate surface area is 167 Å². The van der Waals surface area contributed by atoms with Crippen LogP contribution in [-0.2, 0) is 11.3 Å². The van der Waals surface area contributed by atoms with Crippen LogP contribution in [-0.4, -0.2) is 20.6 Å². The van der Waals surface area contributed by atoms with Crippen molar-refractivity contribution < 1.29 is 9.72 Å². The maximum Gasteiger partial charge on any atom is 0.404 e. The van der Waals surface area contributed by atoms with Crippen molar-refractivity contribution >= 4 is 27.7 Å². The molecule has 1 aromatic heterocycles. The van der Waals surface area contributed by atoms with Crippen molar-refractivity contribution in [3.05, 3.63) is 55.7 Å². The van der Waals surface area contributed by atoms with Crippen molar-refractivity contribution in [1.29, 1.82) is 0 Å². The van der Waals surface area contributed by atoms with Gasteiger partial charge >= 0.3 is 5.82 Å². The van der Waals surface area contributed by atoms with Crippen LogP contribution in [0, 0.1) is 17.0 Å². The SMILES string of the molecule is CCC(C)c1ccc(C(CC)NC(=O)Cn2nc([N+](=O)[O-])c(Br)c2C)cc1.